The summed E-state index contributed by atoms with van der Waals surface area (Å²) in [5, 5.41) is 0. The fraction of sp³-hybridized carbons (Fsp3) is 0.500. The molecule has 0 aromatic carbocycles. The number of rotatable bonds is 2. The van der Waals surface area contributed by atoms with Gasteiger partial charge in [0.25, 0.3) is 0 Å². The Hall–Kier alpha value is -0.790. The maximum Gasteiger partial charge on any atom is 1.00 e. The summed E-state index contributed by atoms with van der Waals surface area (Å²) in [6.07, 6.45) is 6.79. The number of hydrogen-bond acceptors (Lipinski definition) is 1. The highest BCUT2D eigenvalue weighted by atomic mass is 15.0. The van der Waals surface area contributed by atoms with Gasteiger partial charge in [-0.2, -0.15) is 0 Å². The summed E-state index contributed by atoms with van der Waals surface area (Å²) in [5.74, 6) is 0. The standard InChI is InChI=1S/C6H10N2/c1-2-4-8-5-3-7-6-8/h3,5-6H,2,4H2,1H3/p+1. The largest absolute Gasteiger partial charge is 1.00 e. The fourth-order valence-electron chi connectivity index (χ4n) is 0.677. The van der Waals surface area contributed by atoms with Crippen LogP contribution in [0.3, 0.4) is 0 Å². The molecule has 0 atom stereocenters. The molecule has 2 heteroatoms. The van der Waals surface area contributed by atoms with E-state index in [1.165, 1.54) is 6.42 Å². The lowest BCUT2D eigenvalue weighted by atomic mass is 10.5. The summed E-state index contributed by atoms with van der Waals surface area (Å²) in [6.45, 7) is 3.24. The fourth-order valence-corrected chi connectivity index (χ4v) is 0.677. The van der Waals surface area contributed by atoms with Crippen molar-refractivity contribution in [2.75, 3.05) is 0 Å². The van der Waals surface area contributed by atoms with Crippen molar-refractivity contribution >= 4 is 0 Å². The van der Waals surface area contributed by atoms with Gasteiger partial charge in [0.05, 0.1) is 6.33 Å². The second-order valence-corrected chi connectivity index (χ2v) is 1.80. The van der Waals surface area contributed by atoms with Gasteiger partial charge in [-0.25, -0.2) is 4.98 Å². The molecule has 1 aromatic rings. The highest BCUT2D eigenvalue weighted by Gasteiger charge is 1.81. The average molecular weight is 111 g/mol. The first-order valence-corrected chi connectivity index (χ1v) is 2.89. The van der Waals surface area contributed by atoms with Crippen LogP contribution >= 0.6 is 0 Å². The van der Waals surface area contributed by atoms with Crippen molar-refractivity contribution in [1.82, 2.24) is 9.55 Å². The molecule has 8 heavy (non-hydrogen) atoms. The Morgan fingerprint density at radius 3 is 3.12 bits per heavy atom. The molecular formula is C6H11N2+. The van der Waals surface area contributed by atoms with Gasteiger partial charge in [-0.05, 0) is 6.42 Å². The van der Waals surface area contributed by atoms with Gasteiger partial charge in [-0.1, -0.05) is 6.92 Å². The van der Waals surface area contributed by atoms with E-state index in [0.29, 0.717) is 0 Å². The van der Waals surface area contributed by atoms with E-state index in [1.54, 1.807) is 6.20 Å². The Kier molecular flexibility index (Phi) is 1.67. The number of aromatic nitrogens is 2. The number of imidazole rings is 1. The van der Waals surface area contributed by atoms with E-state index in [-0.39, 0.29) is 1.43 Å². The van der Waals surface area contributed by atoms with Gasteiger partial charge in [-0.3, -0.25) is 0 Å². The second kappa shape index (κ2) is 2.50. The summed E-state index contributed by atoms with van der Waals surface area (Å²) >= 11 is 0. The molecule has 0 radical (unpaired) electrons. The molecule has 0 aliphatic rings. The maximum atomic E-state index is 3.90. The monoisotopic (exact) mass is 111 g/mol. The average Bonchev–Trinajstić information content (AvgIpc) is 2.19. The van der Waals surface area contributed by atoms with Crippen LogP contribution in [0.25, 0.3) is 0 Å². The summed E-state index contributed by atoms with van der Waals surface area (Å²) in [7, 11) is 0. The van der Waals surface area contributed by atoms with Crippen LogP contribution in [-0.4, -0.2) is 9.55 Å². The van der Waals surface area contributed by atoms with Crippen molar-refractivity contribution in [2.45, 2.75) is 19.9 Å². The molecule has 0 N–H and O–H groups in total. The van der Waals surface area contributed by atoms with Crippen molar-refractivity contribution in [3.05, 3.63) is 18.7 Å². The highest BCUT2D eigenvalue weighted by molar-refractivity contribution is 4.73. The Bertz CT molecular complexity index is 137. The number of nitrogens with zero attached hydrogens (tertiary/aromatic N) is 2. The molecule has 1 heterocycles. The van der Waals surface area contributed by atoms with E-state index in [2.05, 4.69) is 16.5 Å². The van der Waals surface area contributed by atoms with Crippen LogP contribution < -0.4 is 0 Å². The van der Waals surface area contributed by atoms with E-state index >= 15 is 0 Å². The minimum Gasteiger partial charge on any atom is -0.338 e. The van der Waals surface area contributed by atoms with Gasteiger partial charge in [-0.15, -0.1) is 0 Å². The third-order valence-electron chi connectivity index (χ3n) is 1.04. The summed E-state index contributed by atoms with van der Waals surface area (Å²) in [5.41, 5.74) is 0. The highest BCUT2D eigenvalue weighted by Crippen LogP contribution is 1.87. The maximum absolute atomic E-state index is 3.90. The van der Waals surface area contributed by atoms with Gasteiger partial charge in [0, 0.05) is 18.9 Å². The van der Waals surface area contributed by atoms with Crippen LogP contribution in [0, 0.1) is 0 Å². The second-order valence-electron chi connectivity index (χ2n) is 1.80. The summed E-state index contributed by atoms with van der Waals surface area (Å²) in [6, 6.07) is 0. The SMILES string of the molecule is CCCn1ccnc1.[H+]. The van der Waals surface area contributed by atoms with Gasteiger partial charge in [0.1, 0.15) is 0 Å². The van der Waals surface area contributed by atoms with E-state index in [0.717, 1.165) is 6.54 Å². The van der Waals surface area contributed by atoms with Crippen molar-refractivity contribution in [3.8, 4) is 0 Å². The Morgan fingerprint density at radius 2 is 2.62 bits per heavy atom. The van der Waals surface area contributed by atoms with Gasteiger partial charge in [0.2, 0.25) is 0 Å². The molecule has 0 saturated carbocycles. The van der Waals surface area contributed by atoms with E-state index in [1.807, 2.05) is 12.5 Å². The van der Waals surface area contributed by atoms with Crippen LogP contribution in [0.2, 0.25) is 0 Å². The molecule has 44 valence electrons. The predicted octanol–water partition coefficient (Wildman–Crippen LogP) is 1.41. The molecule has 0 aliphatic carbocycles. The minimum atomic E-state index is 0. The molecule has 0 saturated heterocycles. The lowest BCUT2D eigenvalue weighted by molar-refractivity contribution is 0.678. The zero-order chi connectivity index (χ0) is 5.82. The predicted molar refractivity (Wildman–Crippen MR) is 33.6 cm³/mol. The van der Waals surface area contributed by atoms with Crippen molar-refractivity contribution < 1.29 is 1.43 Å². The van der Waals surface area contributed by atoms with Crippen LogP contribution in [0.4, 0.5) is 0 Å². The quantitative estimate of drug-likeness (QED) is 0.564. The first-order valence-electron chi connectivity index (χ1n) is 2.89. The summed E-state index contributed by atoms with van der Waals surface area (Å²) < 4.78 is 2.07. The van der Waals surface area contributed by atoms with Gasteiger partial charge in [0.15, 0.2) is 0 Å². The Morgan fingerprint density at radius 1 is 1.75 bits per heavy atom. The number of aryl methyl sites for hydroxylation is 1. The number of hydrogen-bond donors (Lipinski definition) is 0. The smallest absolute Gasteiger partial charge is 0.338 e. The summed E-state index contributed by atoms with van der Waals surface area (Å²) in [4.78, 5) is 3.90. The first-order chi connectivity index (χ1) is 3.93. The van der Waals surface area contributed by atoms with Crippen LogP contribution in [0.15, 0.2) is 18.7 Å². The Balaban J connectivity index is 0.000000640. The van der Waals surface area contributed by atoms with E-state index in [4.69, 9.17) is 0 Å². The van der Waals surface area contributed by atoms with Gasteiger partial charge >= 0.3 is 1.43 Å². The third kappa shape index (κ3) is 1.09. The third-order valence-corrected chi connectivity index (χ3v) is 1.04. The normalized spacial score (nSPS) is 9.62. The van der Waals surface area contributed by atoms with Crippen molar-refractivity contribution in [3.63, 3.8) is 0 Å². The first kappa shape index (κ1) is 5.35. The van der Waals surface area contributed by atoms with Crippen molar-refractivity contribution in [2.24, 2.45) is 0 Å². The molecule has 0 aliphatic heterocycles. The molecule has 0 spiro atoms. The topological polar surface area (TPSA) is 17.8 Å². The Labute approximate surface area is 50.6 Å². The molecule has 1 aromatic heterocycles. The molecule has 0 bridgehead atoms. The molecule has 2 nitrogen and oxygen atoms in total. The molecule has 1 rings (SSSR count). The minimum absolute atomic E-state index is 0. The molecule has 0 unspecified atom stereocenters. The van der Waals surface area contributed by atoms with E-state index in [9.17, 15) is 0 Å². The zero-order valence-electron chi connectivity index (χ0n) is 6.04. The molecular weight excluding hydrogens is 100 g/mol. The van der Waals surface area contributed by atoms with Crippen LogP contribution in [0.1, 0.15) is 14.8 Å². The molecule has 0 amide bonds. The van der Waals surface area contributed by atoms with E-state index < -0.39 is 0 Å². The van der Waals surface area contributed by atoms with Crippen molar-refractivity contribution in [1.29, 1.82) is 0 Å². The van der Waals surface area contributed by atoms with Gasteiger partial charge < -0.3 is 4.57 Å². The molecule has 0 fully saturated rings. The van der Waals surface area contributed by atoms with Crippen LogP contribution in [-0.2, 0) is 6.54 Å². The zero-order valence-corrected chi connectivity index (χ0v) is 5.04. The lowest BCUT2D eigenvalue weighted by Crippen LogP contribution is -1.90. The lowest BCUT2D eigenvalue weighted by Gasteiger charge is -1.93. The van der Waals surface area contributed by atoms with Crippen LogP contribution in [0.5, 0.6) is 0 Å².